The molecule has 0 radical (unpaired) electrons. The van der Waals surface area contributed by atoms with E-state index in [1.165, 1.54) is 41.5 Å². The highest BCUT2D eigenvalue weighted by Crippen LogP contribution is 2.44. The maximum Gasteiger partial charge on any atom is 0.261 e. The summed E-state index contributed by atoms with van der Waals surface area (Å²) in [6.45, 7) is 11.2. The van der Waals surface area contributed by atoms with E-state index in [0.717, 1.165) is 67.4 Å². The Balaban J connectivity index is 0.00000196. The molecule has 5 atom stereocenters. The van der Waals surface area contributed by atoms with Gasteiger partial charge in [-0.05, 0) is 110 Å². The van der Waals surface area contributed by atoms with Crippen LogP contribution in [0.5, 0.6) is 5.75 Å². The molecule has 6 heteroatoms. The van der Waals surface area contributed by atoms with Crippen molar-refractivity contribution in [2.24, 2.45) is 23.7 Å². The Morgan fingerprint density at radius 2 is 1.87 bits per heavy atom. The summed E-state index contributed by atoms with van der Waals surface area (Å²) < 4.78 is 9.70. The number of amides is 1. The molecule has 2 bridgehead atoms. The maximum atomic E-state index is 13.4. The van der Waals surface area contributed by atoms with Crippen LogP contribution in [0, 0.1) is 23.7 Å². The van der Waals surface area contributed by atoms with Crippen molar-refractivity contribution in [2.75, 3.05) is 30.3 Å². The number of hydrogen-bond acceptors (Lipinski definition) is 4. The SMILES string of the molecule is CC.CCCC1=C(C2COc3ccc4cc3N(C2)CC2CCC2C(C)/C=C/CC(c2ccccc2)CSNC4=O)CCC(Cl)=C1. The fourth-order valence-corrected chi connectivity index (χ4v) is 8.53. The third-order valence-electron chi connectivity index (χ3n) is 10.0. The van der Waals surface area contributed by atoms with E-state index in [9.17, 15) is 4.79 Å². The van der Waals surface area contributed by atoms with Gasteiger partial charge in [0.25, 0.3) is 5.91 Å². The molecule has 4 aliphatic rings. The van der Waals surface area contributed by atoms with Crippen molar-refractivity contribution in [1.29, 1.82) is 0 Å². The van der Waals surface area contributed by atoms with Crippen LogP contribution in [0.2, 0.25) is 0 Å². The number of fused-ring (bicyclic) bond motifs is 2. The summed E-state index contributed by atoms with van der Waals surface area (Å²) in [5.41, 5.74) is 5.99. The first-order chi connectivity index (χ1) is 22.0. The number of rotatable bonds is 4. The highest BCUT2D eigenvalue weighted by atomic mass is 35.5. The molecule has 1 fully saturated rings. The second kappa shape index (κ2) is 16.3. The summed E-state index contributed by atoms with van der Waals surface area (Å²) in [7, 11) is 0. The van der Waals surface area contributed by atoms with Crippen LogP contribution in [0.4, 0.5) is 5.69 Å². The monoisotopic (exact) mass is 646 g/mol. The third-order valence-corrected chi connectivity index (χ3v) is 11.2. The van der Waals surface area contributed by atoms with Gasteiger partial charge < -0.3 is 9.64 Å². The van der Waals surface area contributed by atoms with Crippen LogP contribution in [0.3, 0.4) is 0 Å². The molecule has 2 heterocycles. The minimum Gasteiger partial charge on any atom is -0.491 e. The molecule has 1 N–H and O–H groups in total. The van der Waals surface area contributed by atoms with Crippen molar-refractivity contribution in [3.8, 4) is 5.75 Å². The van der Waals surface area contributed by atoms with Crippen molar-refractivity contribution in [1.82, 2.24) is 4.72 Å². The molecule has 1 amide bonds. The minimum atomic E-state index is -0.0434. The predicted octanol–water partition coefficient (Wildman–Crippen LogP) is 10.3. The molecule has 1 saturated carbocycles. The Labute approximate surface area is 280 Å². The van der Waals surface area contributed by atoms with Crippen LogP contribution in [0.1, 0.15) is 94.5 Å². The lowest BCUT2D eigenvalue weighted by Crippen LogP contribution is -2.42. The highest BCUT2D eigenvalue weighted by Gasteiger charge is 2.37. The second-order valence-electron chi connectivity index (χ2n) is 12.9. The fraction of sp³-hybridized carbons (Fsp3) is 0.513. The molecular weight excluding hydrogens is 596 g/mol. The van der Waals surface area contributed by atoms with Gasteiger partial charge in [-0.15, -0.1) is 0 Å². The molecule has 2 aliphatic carbocycles. The summed E-state index contributed by atoms with van der Waals surface area (Å²) in [6, 6.07) is 16.7. The quantitative estimate of drug-likeness (QED) is 0.265. The Bertz CT molecular complexity index is 1390. The van der Waals surface area contributed by atoms with Gasteiger partial charge in [-0.2, -0.15) is 0 Å². The van der Waals surface area contributed by atoms with Crippen molar-refractivity contribution in [3.05, 3.63) is 94.1 Å². The van der Waals surface area contributed by atoms with E-state index in [1.807, 2.05) is 26.0 Å². The van der Waals surface area contributed by atoms with Crippen molar-refractivity contribution < 1.29 is 9.53 Å². The highest BCUT2D eigenvalue weighted by molar-refractivity contribution is 7.98. The van der Waals surface area contributed by atoms with Gasteiger partial charge in [0.1, 0.15) is 5.75 Å². The average molecular weight is 647 g/mol. The first kappa shape index (κ1) is 33.7. The zero-order chi connectivity index (χ0) is 31.8. The minimum absolute atomic E-state index is 0.0434. The van der Waals surface area contributed by atoms with E-state index < -0.39 is 0 Å². The van der Waals surface area contributed by atoms with Crippen LogP contribution in [0.25, 0.3) is 0 Å². The number of ether oxygens (including phenoxy) is 1. The van der Waals surface area contributed by atoms with E-state index in [0.29, 0.717) is 41.8 Å². The average Bonchev–Trinajstić information content (AvgIpc) is 3.22. The number of allylic oxidation sites excluding steroid dienone is 5. The number of nitrogens with one attached hydrogen (secondary N) is 1. The normalized spacial score (nSPS) is 27.8. The lowest BCUT2D eigenvalue weighted by Gasteiger charge is -2.43. The molecule has 2 aromatic rings. The van der Waals surface area contributed by atoms with E-state index >= 15 is 0 Å². The number of nitrogens with zero attached hydrogens (tertiary/aromatic N) is 1. The van der Waals surface area contributed by atoms with Crippen LogP contribution < -0.4 is 14.4 Å². The first-order valence-electron chi connectivity index (χ1n) is 17.2. The Kier molecular flexibility index (Phi) is 12.2. The molecule has 45 heavy (non-hydrogen) atoms. The lowest BCUT2D eigenvalue weighted by molar-refractivity contribution is 0.0984. The van der Waals surface area contributed by atoms with Crippen LogP contribution in [-0.2, 0) is 0 Å². The zero-order valence-corrected chi connectivity index (χ0v) is 29.1. The first-order valence-corrected chi connectivity index (χ1v) is 18.6. The van der Waals surface area contributed by atoms with E-state index in [-0.39, 0.29) is 5.91 Å². The summed E-state index contributed by atoms with van der Waals surface area (Å²) in [5, 5.41) is 0.970. The second-order valence-corrected chi connectivity index (χ2v) is 14.2. The zero-order valence-electron chi connectivity index (χ0n) is 27.6. The van der Waals surface area contributed by atoms with Gasteiger partial charge in [0.15, 0.2) is 0 Å². The van der Waals surface area contributed by atoms with Gasteiger partial charge in [-0.25, -0.2) is 0 Å². The Morgan fingerprint density at radius 3 is 2.62 bits per heavy atom. The smallest absolute Gasteiger partial charge is 0.261 e. The van der Waals surface area contributed by atoms with Crippen LogP contribution >= 0.6 is 23.5 Å². The lowest BCUT2D eigenvalue weighted by atomic mass is 9.67. The number of carbonyl (C=O) groups is 1. The van der Waals surface area contributed by atoms with Crippen LogP contribution in [0.15, 0.2) is 82.9 Å². The predicted molar refractivity (Wildman–Crippen MR) is 192 cm³/mol. The summed E-state index contributed by atoms with van der Waals surface area (Å²) in [5.74, 6) is 4.18. The van der Waals surface area contributed by atoms with Gasteiger partial charge in [-0.1, -0.05) is 93.8 Å². The molecular formula is C39H51ClN2O2S. The van der Waals surface area contributed by atoms with Crippen LogP contribution in [-0.4, -0.2) is 31.4 Å². The van der Waals surface area contributed by atoms with Gasteiger partial charge in [-0.3, -0.25) is 9.52 Å². The van der Waals surface area contributed by atoms with E-state index in [2.05, 4.69) is 78.1 Å². The standard InChI is InChI=1S/C37H45ClN2O2S.C2H6/c1-3-8-27-19-32(38)15-17-34(27)31-22-40-21-29-13-16-33(29)25(2)9-7-12-30(26-10-5-4-6-11-26)24-43-39-37(41)28-14-18-36(42-23-31)35(40)20-28;1-2/h4-7,9-11,14,18-20,25,29-31,33H,3,8,12-13,15-17,21-24H2,1-2H3,(H,39,41);1-2H3/b9-7+;. The number of benzene rings is 2. The molecule has 2 aliphatic heterocycles. The molecule has 242 valence electrons. The number of halogens is 1. The van der Waals surface area contributed by atoms with Gasteiger partial charge >= 0.3 is 0 Å². The Morgan fingerprint density at radius 1 is 1.04 bits per heavy atom. The van der Waals surface area contributed by atoms with Gasteiger partial charge in [0.2, 0.25) is 0 Å². The van der Waals surface area contributed by atoms with Crippen molar-refractivity contribution >= 4 is 35.1 Å². The molecule has 2 aromatic carbocycles. The largest absolute Gasteiger partial charge is 0.491 e. The number of hydrogen-bond donors (Lipinski definition) is 1. The molecule has 0 spiro atoms. The van der Waals surface area contributed by atoms with Crippen molar-refractivity contribution in [3.63, 3.8) is 0 Å². The molecule has 4 nitrogen and oxygen atoms in total. The third kappa shape index (κ3) is 8.21. The fourth-order valence-electron chi connectivity index (χ4n) is 7.45. The Hall–Kier alpha value is -2.63. The summed E-state index contributed by atoms with van der Waals surface area (Å²) >= 11 is 8.03. The molecule has 0 aromatic heterocycles. The van der Waals surface area contributed by atoms with E-state index in [1.54, 1.807) is 0 Å². The molecule has 5 unspecified atom stereocenters. The van der Waals surface area contributed by atoms with Gasteiger partial charge in [0.05, 0.1) is 12.3 Å². The molecule has 6 rings (SSSR count). The van der Waals surface area contributed by atoms with E-state index in [4.69, 9.17) is 16.3 Å². The molecule has 0 saturated heterocycles. The topological polar surface area (TPSA) is 41.6 Å². The maximum absolute atomic E-state index is 13.4. The summed E-state index contributed by atoms with van der Waals surface area (Å²) in [4.78, 5) is 16.0. The summed E-state index contributed by atoms with van der Waals surface area (Å²) in [6.07, 6.45) is 14.7. The number of carbonyl (C=O) groups excluding carboxylic acids is 1. The van der Waals surface area contributed by atoms with Crippen molar-refractivity contribution in [2.45, 2.75) is 78.6 Å². The number of anilines is 1. The van der Waals surface area contributed by atoms with Gasteiger partial charge in [0, 0.05) is 35.4 Å².